The van der Waals surface area contributed by atoms with Crippen LogP contribution in [0.1, 0.15) is 42.8 Å². The third-order valence-corrected chi connectivity index (χ3v) is 5.85. The summed E-state index contributed by atoms with van der Waals surface area (Å²) in [6.07, 6.45) is -4.00. The number of hydrogen-bond acceptors (Lipinski definition) is 6. The molecule has 2 atom stereocenters. The fraction of sp³-hybridized carbons (Fsp3) is 0.391. The highest BCUT2D eigenvalue weighted by Crippen LogP contribution is 2.31. The van der Waals surface area contributed by atoms with Gasteiger partial charge in [0.2, 0.25) is 0 Å². The molecule has 12 heteroatoms. The Morgan fingerprint density at radius 3 is 2.63 bits per heavy atom. The van der Waals surface area contributed by atoms with Crippen LogP contribution in [-0.2, 0) is 4.79 Å². The molecule has 186 valence electrons. The van der Waals surface area contributed by atoms with Gasteiger partial charge in [0.25, 0.3) is 12.3 Å². The molecule has 1 aliphatic heterocycles. The van der Waals surface area contributed by atoms with Gasteiger partial charge in [0.1, 0.15) is 23.3 Å². The van der Waals surface area contributed by atoms with Crippen molar-refractivity contribution in [3.63, 3.8) is 0 Å². The van der Waals surface area contributed by atoms with E-state index in [0.29, 0.717) is 47.9 Å². The highest BCUT2D eigenvalue weighted by molar-refractivity contribution is 5.90. The third-order valence-electron chi connectivity index (χ3n) is 5.85. The fourth-order valence-electron chi connectivity index (χ4n) is 4.12. The first-order chi connectivity index (χ1) is 16.6. The monoisotopic (exact) mass is 494 g/mol. The van der Waals surface area contributed by atoms with Crippen LogP contribution in [0.5, 0.6) is 0 Å². The number of fused-ring (bicyclic) bond motifs is 1. The molecule has 1 aromatic carbocycles. The van der Waals surface area contributed by atoms with E-state index in [4.69, 9.17) is 0 Å². The van der Waals surface area contributed by atoms with Crippen molar-refractivity contribution in [3.8, 4) is 0 Å². The Balaban J connectivity index is 1.60. The summed E-state index contributed by atoms with van der Waals surface area (Å²) in [5.74, 6) is -0.961. The number of benzene rings is 1. The Morgan fingerprint density at radius 1 is 1.17 bits per heavy atom. The number of carbonyl (C=O) groups excluding carboxylic acids is 1. The zero-order valence-electron chi connectivity index (χ0n) is 18.9. The molecule has 2 N–H and O–H groups in total. The van der Waals surface area contributed by atoms with Gasteiger partial charge in [-0.05, 0) is 26.3 Å². The van der Waals surface area contributed by atoms with Crippen LogP contribution in [0.3, 0.4) is 0 Å². The van der Waals surface area contributed by atoms with Crippen LogP contribution in [-0.4, -0.2) is 46.4 Å². The van der Waals surface area contributed by atoms with Gasteiger partial charge in [0.15, 0.2) is 0 Å². The minimum Gasteiger partial charge on any atom is -0.363 e. The number of aromatic nitrogens is 3. The number of anilines is 2. The number of rotatable bonds is 7. The summed E-state index contributed by atoms with van der Waals surface area (Å²) in [5, 5.41) is 5.97. The van der Waals surface area contributed by atoms with Crippen molar-refractivity contribution in [1.29, 1.82) is 0 Å². The van der Waals surface area contributed by atoms with Crippen LogP contribution in [0.2, 0.25) is 0 Å². The van der Waals surface area contributed by atoms with Gasteiger partial charge in [-0.3, -0.25) is 4.79 Å². The van der Waals surface area contributed by atoms with Crippen molar-refractivity contribution < 1.29 is 26.7 Å². The summed E-state index contributed by atoms with van der Waals surface area (Å²) in [4.78, 5) is 26.3. The number of amides is 1. The van der Waals surface area contributed by atoms with Crippen molar-refractivity contribution in [1.82, 2.24) is 20.3 Å². The van der Waals surface area contributed by atoms with E-state index in [0.717, 1.165) is 6.07 Å². The summed E-state index contributed by atoms with van der Waals surface area (Å²) < 4.78 is 66.0. The molecular weight excluding hydrogens is 471 g/mol. The highest BCUT2D eigenvalue weighted by Gasteiger charge is 2.28. The number of alkyl halides is 4. The SMILES string of the molecule is Cc1nc(N[C@H](C)c2cccc(C(F)F)c2F)c2cc(N3CC[C@@H](NC(=O)C(F)F)C3)ncc2n1. The van der Waals surface area contributed by atoms with E-state index in [1.165, 1.54) is 18.3 Å². The minimum atomic E-state index is -3.08. The maximum absolute atomic E-state index is 14.7. The first-order valence-electron chi connectivity index (χ1n) is 10.9. The van der Waals surface area contributed by atoms with Gasteiger partial charge in [0.05, 0.1) is 23.3 Å². The molecule has 1 aliphatic rings. The predicted molar refractivity (Wildman–Crippen MR) is 120 cm³/mol. The van der Waals surface area contributed by atoms with Crippen molar-refractivity contribution in [2.24, 2.45) is 0 Å². The number of carbonyl (C=O) groups is 1. The van der Waals surface area contributed by atoms with Crippen LogP contribution in [0.25, 0.3) is 10.9 Å². The first kappa shape index (κ1) is 24.6. The molecular formula is C23H23F5N6O. The van der Waals surface area contributed by atoms with Crippen LogP contribution >= 0.6 is 0 Å². The average molecular weight is 494 g/mol. The lowest BCUT2D eigenvalue weighted by Crippen LogP contribution is -2.40. The van der Waals surface area contributed by atoms with E-state index >= 15 is 0 Å². The summed E-state index contributed by atoms with van der Waals surface area (Å²) in [6, 6.07) is 4.44. The number of pyridine rings is 1. The van der Waals surface area contributed by atoms with Gasteiger partial charge < -0.3 is 15.5 Å². The molecule has 2 aromatic heterocycles. The van der Waals surface area contributed by atoms with E-state index in [2.05, 4.69) is 25.6 Å². The highest BCUT2D eigenvalue weighted by atomic mass is 19.3. The largest absolute Gasteiger partial charge is 0.363 e. The molecule has 3 heterocycles. The minimum absolute atomic E-state index is 0.0682. The van der Waals surface area contributed by atoms with Crippen molar-refractivity contribution in [2.45, 2.75) is 45.2 Å². The Bertz CT molecular complexity index is 1240. The average Bonchev–Trinajstić information content (AvgIpc) is 3.27. The van der Waals surface area contributed by atoms with E-state index in [9.17, 15) is 26.7 Å². The lowest BCUT2D eigenvalue weighted by atomic mass is 10.0. The van der Waals surface area contributed by atoms with Crippen LogP contribution in [0, 0.1) is 12.7 Å². The molecule has 0 spiro atoms. The Morgan fingerprint density at radius 2 is 1.91 bits per heavy atom. The second-order valence-corrected chi connectivity index (χ2v) is 8.34. The maximum Gasteiger partial charge on any atom is 0.315 e. The maximum atomic E-state index is 14.7. The second-order valence-electron chi connectivity index (χ2n) is 8.34. The zero-order chi connectivity index (χ0) is 25.3. The Hall–Kier alpha value is -3.57. The van der Waals surface area contributed by atoms with Gasteiger partial charge in [0, 0.05) is 30.1 Å². The molecule has 1 amide bonds. The number of aryl methyl sites for hydroxylation is 1. The molecule has 1 fully saturated rings. The summed E-state index contributed by atoms with van der Waals surface area (Å²) in [6.45, 7) is 4.10. The standard InChI is InChI=1S/C23H23F5N6O/c1-11(14-4-3-5-15(19(14)24)20(25)26)30-22-16-8-18(29-9-17(16)31-12(2)32-22)34-7-6-13(10-34)33-23(35)21(27)28/h3-5,8-9,11,13,20-21H,6-7,10H2,1-2H3,(H,33,35)(H,30,31,32)/t11-,13-/m1/s1. The number of hydrogen-bond donors (Lipinski definition) is 2. The van der Waals surface area contributed by atoms with Crippen molar-refractivity contribution in [2.75, 3.05) is 23.3 Å². The van der Waals surface area contributed by atoms with E-state index < -0.39 is 42.2 Å². The van der Waals surface area contributed by atoms with Crippen LogP contribution in [0.15, 0.2) is 30.5 Å². The molecule has 0 saturated carbocycles. The topological polar surface area (TPSA) is 83.0 Å². The van der Waals surface area contributed by atoms with Gasteiger partial charge >= 0.3 is 6.43 Å². The number of halogens is 5. The van der Waals surface area contributed by atoms with Crippen molar-refractivity contribution >= 4 is 28.4 Å². The number of nitrogens with one attached hydrogen (secondary N) is 2. The zero-order valence-corrected chi connectivity index (χ0v) is 18.9. The van der Waals surface area contributed by atoms with Gasteiger partial charge in [-0.1, -0.05) is 18.2 Å². The van der Waals surface area contributed by atoms with Gasteiger partial charge in [-0.15, -0.1) is 0 Å². The molecule has 0 radical (unpaired) electrons. The third kappa shape index (κ3) is 5.25. The summed E-state index contributed by atoms with van der Waals surface area (Å²) >= 11 is 0. The van der Waals surface area contributed by atoms with Gasteiger partial charge in [-0.25, -0.2) is 28.1 Å². The lowest BCUT2D eigenvalue weighted by molar-refractivity contribution is -0.132. The number of nitrogens with zero attached hydrogens (tertiary/aromatic N) is 4. The molecule has 0 bridgehead atoms. The van der Waals surface area contributed by atoms with E-state index in [1.807, 2.05) is 4.90 Å². The van der Waals surface area contributed by atoms with Crippen LogP contribution < -0.4 is 15.5 Å². The quantitative estimate of drug-likeness (QED) is 0.470. The predicted octanol–water partition coefficient (Wildman–Crippen LogP) is 4.54. The van der Waals surface area contributed by atoms with E-state index in [-0.39, 0.29) is 5.56 Å². The first-order valence-corrected chi connectivity index (χ1v) is 10.9. The van der Waals surface area contributed by atoms with Crippen LogP contribution in [0.4, 0.5) is 33.6 Å². The summed E-state index contributed by atoms with van der Waals surface area (Å²) in [5.41, 5.74) is -0.0907. The molecule has 0 aliphatic carbocycles. The molecule has 3 aromatic rings. The molecule has 0 unspecified atom stereocenters. The fourth-order valence-corrected chi connectivity index (χ4v) is 4.12. The van der Waals surface area contributed by atoms with Crippen molar-refractivity contribution in [3.05, 3.63) is 53.2 Å². The Kier molecular flexibility index (Phi) is 6.99. The van der Waals surface area contributed by atoms with Gasteiger partial charge in [-0.2, -0.15) is 8.78 Å². The molecule has 4 rings (SSSR count). The van der Waals surface area contributed by atoms with E-state index in [1.54, 1.807) is 19.9 Å². The molecule has 35 heavy (non-hydrogen) atoms. The lowest BCUT2D eigenvalue weighted by Gasteiger charge is -2.21. The summed E-state index contributed by atoms with van der Waals surface area (Å²) in [7, 11) is 0. The molecule has 1 saturated heterocycles. The Labute approximate surface area is 197 Å². The smallest absolute Gasteiger partial charge is 0.315 e. The second kappa shape index (κ2) is 9.96. The molecule has 7 nitrogen and oxygen atoms in total. The normalized spacial score (nSPS) is 16.8.